The number of carbonyl (C=O) groups excluding carboxylic acids is 1. The third kappa shape index (κ3) is 5.06. The molecule has 0 bridgehead atoms. The minimum atomic E-state index is -0.221. The Morgan fingerprint density at radius 1 is 1.50 bits per heavy atom. The summed E-state index contributed by atoms with van der Waals surface area (Å²) in [5, 5.41) is 14.3. The second kappa shape index (κ2) is 7.38. The highest BCUT2D eigenvalue weighted by molar-refractivity contribution is 9.10. The number of benzene rings is 1. The van der Waals surface area contributed by atoms with Gasteiger partial charge in [0.1, 0.15) is 0 Å². The molecule has 0 aliphatic carbocycles. The summed E-state index contributed by atoms with van der Waals surface area (Å²) in [6, 6.07) is 5.43. The highest BCUT2D eigenvalue weighted by Crippen LogP contribution is 2.19. The lowest BCUT2D eigenvalue weighted by atomic mass is 10.1. The predicted molar refractivity (Wildman–Crippen MR) is 76.8 cm³/mol. The zero-order valence-corrected chi connectivity index (χ0v) is 12.3. The minimum absolute atomic E-state index is 0.149. The van der Waals surface area contributed by atoms with Crippen LogP contribution in [0.2, 0.25) is 0 Å². The van der Waals surface area contributed by atoms with E-state index in [0.717, 1.165) is 15.7 Å². The Morgan fingerprint density at radius 3 is 2.83 bits per heavy atom. The van der Waals surface area contributed by atoms with Crippen LogP contribution in [-0.4, -0.2) is 24.3 Å². The number of aliphatic hydroxyl groups is 1. The molecule has 18 heavy (non-hydrogen) atoms. The van der Waals surface area contributed by atoms with Gasteiger partial charge in [-0.05, 0) is 43.0 Å². The Morgan fingerprint density at radius 2 is 2.22 bits per heavy atom. The van der Waals surface area contributed by atoms with Crippen molar-refractivity contribution in [2.75, 3.05) is 18.5 Å². The van der Waals surface area contributed by atoms with Crippen LogP contribution < -0.4 is 10.6 Å². The van der Waals surface area contributed by atoms with Gasteiger partial charge in [-0.1, -0.05) is 22.9 Å². The lowest BCUT2D eigenvalue weighted by molar-refractivity contribution is 0.243. The summed E-state index contributed by atoms with van der Waals surface area (Å²) in [5.74, 6) is 0.271. The molecule has 0 aliphatic rings. The molecule has 4 nitrogen and oxygen atoms in total. The van der Waals surface area contributed by atoms with Crippen molar-refractivity contribution in [3.8, 4) is 0 Å². The Hall–Kier alpha value is -1.07. The van der Waals surface area contributed by atoms with Gasteiger partial charge in [0.05, 0.1) is 0 Å². The van der Waals surface area contributed by atoms with Crippen LogP contribution in [0.15, 0.2) is 22.7 Å². The topological polar surface area (TPSA) is 61.4 Å². The van der Waals surface area contributed by atoms with Crippen LogP contribution in [0.25, 0.3) is 0 Å². The van der Waals surface area contributed by atoms with Gasteiger partial charge in [0.25, 0.3) is 0 Å². The maximum absolute atomic E-state index is 11.6. The summed E-state index contributed by atoms with van der Waals surface area (Å²) >= 11 is 3.41. The third-order valence-electron chi connectivity index (χ3n) is 2.65. The molecule has 2 amide bonds. The number of rotatable bonds is 5. The average molecular weight is 315 g/mol. The molecule has 1 rings (SSSR count). The second-order valence-electron chi connectivity index (χ2n) is 4.42. The van der Waals surface area contributed by atoms with Gasteiger partial charge in [0.15, 0.2) is 0 Å². The number of carbonyl (C=O) groups is 1. The number of halogens is 1. The molecule has 0 heterocycles. The van der Waals surface area contributed by atoms with Gasteiger partial charge in [-0.2, -0.15) is 0 Å². The maximum Gasteiger partial charge on any atom is 0.319 e. The average Bonchev–Trinajstić information content (AvgIpc) is 2.32. The van der Waals surface area contributed by atoms with E-state index in [-0.39, 0.29) is 18.6 Å². The molecule has 3 N–H and O–H groups in total. The van der Waals surface area contributed by atoms with Crippen molar-refractivity contribution >= 4 is 27.6 Å². The van der Waals surface area contributed by atoms with E-state index in [1.165, 1.54) is 0 Å². The molecule has 0 aromatic heterocycles. The molecule has 100 valence electrons. The lowest BCUT2D eigenvalue weighted by Gasteiger charge is -2.12. The number of anilines is 1. The smallest absolute Gasteiger partial charge is 0.319 e. The summed E-state index contributed by atoms with van der Waals surface area (Å²) < 4.78 is 1.02. The monoisotopic (exact) mass is 314 g/mol. The van der Waals surface area contributed by atoms with Gasteiger partial charge in [-0.15, -0.1) is 0 Å². The van der Waals surface area contributed by atoms with Crippen LogP contribution in [0, 0.1) is 12.8 Å². The molecule has 0 radical (unpaired) electrons. The molecule has 0 saturated carbocycles. The number of urea groups is 1. The Balaban J connectivity index is 2.42. The molecule has 5 heteroatoms. The first-order valence-electron chi connectivity index (χ1n) is 5.94. The fourth-order valence-electron chi connectivity index (χ4n) is 1.49. The molecule has 0 saturated heterocycles. The van der Waals surface area contributed by atoms with Crippen molar-refractivity contribution in [2.45, 2.75) is 20.3 Å². The molecule has 1 atom stereocenters. The van der Waals surface area contributed by atoms with Crippen molar-refractivity contribution in [1.82, 2.24) is 5.32 Å². The number of hydrogen-bond donors (Lipinski definition) is 3. The highest BCUT2D eigenvalue weighted by Gasteiger charge is 2.05. The lowest BCUT2D eigenvalue weighted by Crippen LogP contribution is -2.32. The zero-order valence-electron chi connectivity index (χ0n) is 10.7. The van der Waals surface area contributed by atoms with Crippen LogP contribution >= 0.6 is 15.9 Å². The number of amides is 2. The molecule has 1 unspecified atom stereocenters. The molecular weight excluding hydrogens is 296 g/mol. The SMILES string of the molecule is Cc1cc(NC(=O)NCC(C)CCO)ccc1Br. The van der Waals surface area contributed by atoms with E-state index in [1.54, 1.807) is 0 Å². The van der Waals surface area contributed by atoms with Gasteiger partial charge >= 0.3 is 6.03 Å². The van der Waals surface area contributed by atoms with Crippen LogP contribution in [0.4, 0.5) is 10.5 Å². The van der Waals surface area contributed by atoms with Crippen molar-refractivity contribution in [3.63, 3.8) is 0 Å². The molecular formula is C13H19BrN2O2. The third-order valence-corrected chi connectivity index (χ3v) is 3.54. The van der Waals surface area contributed by atoms with Crippen LogP contribution in [0.1, 0.15) is 18.9 Å². The highest BCUT2D eigenvalue weighted by atomic mass is 79.9. The summed E-state index contributed by atoms with van der Waals surface area (Å²) in [5.41, 5.74) is 1.84. The summed E-state index contributed by atoms with van der Waals surface area (Å²) in [6.45, 7) is 4.66. The normalized spacial score (nSPS) is 12.0. The molecule has 0 aliphatic heterocycles. The van der Waals surface area contributed by atoms with Gasteiger partial charge in [-0.25, -0.2) is 4.79 Å². The van der Waals surface area contributed by atoms with Gasteiger partial charge < -0.3 is 15.7 Å². The fraction of sp³-hybridized carbons (Fsp3) is 0.462. The molecule has 0 fully saturated rings. The number of aryl methyl sites for hydroxylation is 1. The first kappa shape index (κ1) is 15.0. The van der Waals surface area contributed by atoms with Crippen LogP contribution in [0.3, 0.4) is 0 Å². The summed E-state index contributed by atoms with van der Waals surface area (Å²) in [6.07, 6.45) is 0.692. The van der Waals surface area contributed by atoms with E-state index in [0.29, 0.717) is 13.0 Å². The van der Waals surface area contributed by atoms with Crippen molar-refractivity contribution in [2.24, 2.45) is 5.92 Å². The largest absolute Gasteiger partial charge is 0.396 e. The first-order valence-corrected chi connectivity index (χ1v) is 6.74. The zero-order chi connectivity index (χ0) is 13.5. The number of hydrogen-bond acceptors (Lipinski definition) is 2. The van der Waals surface area contributed by atoms with E-state index in [4.69, 9.17) is 5.11 Å². The maximum atomic E-state index is 11.6. The summed E-state index contributed by atoms with van der Waals surface area (Å²) in [4.78, 5) is 11.6. The standard InChI is InChI=1S/C13H19BrN2O2/c1-9(5-6-17)8-15-13(18)16-11-3-4-12(14)10(2)7-11/h3-4,7,9,17H,5-6,8H2,1-2H3,(H2,15,16,18). The Bertz CT molecular complexity index is 410. The summed E-state index contributed by atoms with van der Waals surface area (Å²) in [7, 11) is 0. The van der Waals surface area contributed by atoms with E-state index in [2.05, 4.69) is 26.6 Å². The Kier molecular flexibility index (Phi) is 6.15. The van der Waals surface area contributed by atoms with E-state index in [1.807, 2.05) is 32.0 Å². The van der Waals surface area contributed by atoms with Crippen molar-refractivity contribution < 1.29 is 9.90 Å². The fourth-order valence-corrected chi connectivity index (χ4v) is 1.73. The van der Waals surface area contributed by atoms with E-state index < -0.39 is 0 Å². The number of aliphatic hydroxyl groups excluding tert-OH is 1. The van der Waals surface area contributed by atoms with Gasteiger partial charge in [0.2, 0.25) is 0 Å². The number of nitrogens with one attached hydrogen (secondary N) is 2. The van der Waals surface area contributed by atoms with Crippen molar-refractivity contribution in [3.05, 3.63) is 28.2 Å². The molecule has 1 aromatic carbocycles. The van der Waals surface area contributed by atoms with Gasteiger partial charge in [0, 0.05) is 23.3 Å². The van der Waals surface area contributed by atoms with Gasteiger partial charge in [-0.3, -0.25) is 0 Å². The second-order valence-corrected chi connectivity index (χ2v) is 5.27. The van der Waals surface area contributed by atoms with E-state index in [9.17, 15) is 4.79 Å². The minimum Gasteiger partial charge on any atom is -0.396 e. The van der Waals surface area contributed by atoms with Crippen molar-refractivity contribution in [1.29, 1.82) is 0 Å². The Labute approximate surface area is 116 Å². The molecule has 1 aromatic rings. The quantitative estimate of drug-likeness (QED) is 0.782. The van der Waals surface area contributed by atoms with E-state index >= 15 is 0 Å². The van der Waals surface area contributed by atoms with Crippen LogP contribution in [-0.2, 0) is 0 Å². The predicted octanol–water partition coefficient (Wildman–Crippen LogP) is 2.90. The van der Waals surface area contributed by atoms with Crippen LogP contribution in [0.5, 0.6) is 0 Å². The molecule has 0 spiro atoms. The first-order chi connectivity index (χ1) is 8.52.